The third-order valence-corrected chi connectivity index (χ3v) is 10.1. The average Bonchev–Trinajstić information content (AvgIpc) is 3.24. The predicted molar refractivity (Wildman–Crippen MR) is 145 cm³/mol. The molecule has 3 aromatic carbocycles. The highest BCUT2D eigenvalue weighted by Gasteiger charge is 2.67. The predicted octanol–water partition coefficient (Wildman–Crippen LogP) is 3.77. The van der Waals surface area contributed by atoms with E-state index in [-0.39, 0.29) is 11.3 Å². The highest BCUT2D eigenvalue weighted by molar-refractivity contribution is 8.01. The van der Waals surface area contributed by atoms with E-state index >= 15 is 0 Å². The summed E-state index contributed by atoms with van der Waals surface area (Å²) >= 11 is 1.70. The van der Waals surface area contributed by atoms with Gasteiger partial charge in [-0.2, -0.15) is 0 Å². The molecule has 3 aromatic rings. The normalized spacial score (nSPS) is 25.1. The van der Waals surface area contributed by atoms with E-state index in [0.717, 1.165) is 42.6 Å². The van der Waals surface area contributed by atoms with Gasteiger partial charge in [-0.25, -0.2) is 4.79 Å². The maximum atomic E-state index is 13.8. The lowest BCUT2D eigenvalue weighted by molar-refractivity contribution is -0.161. The van der Waals surface area contributed by atoms with Gasteiger partial charge in [-0.1, -0.05) is 91.0 Å². The fraction of sp³-hybridized carbons (Fsp3) is 0.333. The molecule has 6 nitrogen and oxygen atoms in total. The van der Waals surface area contributed by atoms with Crippen LogP contribution in [0.4, 0.5) is 0 Å². The number of hydrogen-bond donors (Lipinski definition) is 2. The molecule has 3 aliphatic heterocycles. The number of carboxylic acid groups (broad SMARTS) is 1. The second-order valence-corrected chi connectivity index (χ2v) is 11.9. The maximum Gasteiger partial charge on any atom is 0.327 e. The molecule has 3 saturated heterocycles. The molecule has 3 aliphatic rings. The van der Waals surface area contributed by atoms with Crippen LogP contribution >= 0.6 is 11.8 Å². The summed E-state index contributed by atoms with van der Waals surface area (Å²) in [7, 11) is 2.07. The standard InChI is InChI=1S/C30H31N3O3S/c1-32-19-17-29(18-20-32)25(28(35)36)33-26(34)24(27(33)37-29)31-30(21-11-5-2-6-12-21,22-13-7-3-8-14-22)23-15-9-4-10-16-23/h2-16,24-25,27,31H,17-20H2,1H3,(H,35,36)/t24?,25?,27-/m0/s1. The van der Waals surface area contributed by atoms with Crippen molar-refractivity contribution in [3.63, 3.8) is 0 Å². The van der Waals surface area contributed by atoms with Gasteiger partial charge in [0.05, 0.1) is 10.3 Å². The number of amides is 1. The van der Waals surface area contributed by atoms with Crippen LogP contribution in [0.3, 0.4) is 0 Å². The fourth-order valence-electron chi connectivity index (χ4n) is 6.36. The fourth-order valence-corrected chi connectivity index (χ4v) is 8.26. The summed E-state index contributed by atoms with van der Waals surface area (Å²) in [6, 6.07) is 29.3. The number of β-lactam (4-membered cyclic amide) rings is 1. The highest BCUT2D eigenvalue weighted by Crippen LogP contribution is 2.56. The zero-order chi connectivity index (χ0) is 25.6. The molecule has 1 spiro atoms. The van der Waals surface area contributed by atoms with Crippen LogP contribution in [-0.4, -0.2) is 69.1 Å². The van der Waals surface area contributed by atoms with Crippen molar-refractivity contribution in [1.82, 2.24) is 15.1 Å². The molecule has 1 amide bonds. The number of thioether (sulfide) groups is 1. The molecule has 3 heterocycles. The Hall–Kier alpha value is -3.13. The van der Waals surface area contributed by atoms with Crippen molar-refractivity contribution >= 4 is 23.6 Å². The van der Waals surface area contributed by atoms with Crippen molar-refractivity contribution in [2.24, 2.45) is 0 Å². The Kier molecular flexibility index (Phi) is 6.10. The van der Waals surface area contributed by atoms with Crippen LogP contribution in [0.15, 0.2) is 91.0 Å². The number of carboxylic acids is 1. The SMILES string of the molecule is CN1CCC2(CC1)S[C@H]1C(NC(c3ccccc3)(c3ccccc3)c3ccccc3)C(=O)N1C2C(=O)O. The maximum absolute atomic E-state index is 13.8. The molecule has 0 saturated carbocycles. The van der Waals surface area contributed by atoms with Crippen LogP contribution in [0.1, 0.15) is 29.5 Å². The molecule has 2 N–H and O–H groups in total. The van der Waals surface area contributed by atoms with Crippen LogP contribution in [0.5, 0.6) is 0 Å². The Bertz CT molecular complexity index is 1180. The van der Waals surface area contributed by atoms with E-state index in [1.165, 1.54) is 0 Å². The number of rotatable bonds is 6. The summed E-state index contributed by atoms with van der Waals surface area (Å²) in [6.07, 6.45) is 1.53. The number of hydrogen-bond acceptors (Lipinski definition) is 5. The number of nitrogens with one attached hydrogen (secondary N) is 1. The van der Waals surface area contributed by atoms with Crippen LogP contribution in [0.25, 0.3) is 0 Å². The van der Waals surface area contributed by atoms with Crippen LogP contribution in [0.2, 0.25) is 0 Å². The Labute approximate surface area is 221 Å². The molecular formula is C30H31N3O3S. The summed E-state index contributed by atoms with van der Waals surface area (Å²) in [6.45, 7) is 1.68. The van der Waals surface area contributed by atoms with E-state index < -0.39 is 28.3 Å². The Morgan fingerprint density at radius 2 is 1.35 bits per heavy atom. The number of likely N-dealkylation sites (tertiary alicyclic amines) is 1. The molecule has 0 aromatic heterocycles. The summed E-state index contributed by atoms with van der Waals surface area (Å²) in [5.74, 6) is -1.03. The molecular weight excluding hydrogens is 482 g/mol. The van der Waals surface area contributed by atoms with Crippen molar-refractivity contribution in [1.29, 1.82) is 0 Å². The van der Waals surface area contributed by atoms with Gasteiger partial charge in [0, 0.05) is 0 Å². The van der Waals surface area contributed by atoms with E-state index in [4.69, 9.17) is 0 Å². The van der Waals surface area contributed by atoms with E-state index in [2.05, 4.69) is 53.7 Å². The van der Waals surface area contributed by atoms with Crippen molar-refractivity contribution < 1.29 is 14.7 Å². The van der Waals surface area contributed by atoms with Crippen LogP contribution in [0, 0.1) is 0 Å². The van der Waals surface area contributed by atoms with Gasteiger partial charge < -0.3 is 14.9 Å². The van der Waals surface area contributed by atoms with Crippen LogP contribution < -0.4 is 5.32 Å². The lowest BCUT2D eigenvalue weighted by Gasteiger charge is -2.49. The molecule has 0 bridgehead atoms. The first-order chi connectivity index (χ1) is 18.0. The smallest absolute Gasteiger partial charge is 0.327 e. The average molecular weight is 514 g/mol. The number of aliphatic carboxylic acids is 1. The van der Waals surface area contributed by atoms with Crippen molar-refractivity contribution in [2.75, 3.05) is 20.1 Å². The molecule has 2 unspecified atom stereocenters. The number of benzene rings is 3. The third kappa shape index (κ3) is 3.79. The monoisotopic (exact) mass is 513 g/mol. The zero-order valence-corrected chi connectivity index (χ0v) is 21.6. The summed E-state index contributed by atoms with van der Waals surface area (Å²) < 4.78 is -0.454. The quantitative estimate of drug-likeness (QED) is 0.386. The van der Waals surface area contributed by atoms with Gasteiger partial charge in [0.2, 0.25) is 5.91 Å². The minimum absolute atomic E-state index is 0.132. The highest BCUT2D eigenvalue weighted by atomic mass is 32.2. The third-order valence-electron chi connectivity index (χ3n) is 8.27. The lowest BCUT2D eigenvalue weighted by atomic mass is 9.75. The zero-order valence-electron chi connectivity index (χ0n) is 20.8. The number of piperidine rings is 1. The number of carbonyl (C=O) groups excluding carboxylic acids is 1. The first-order valence-electron chi connectivity index (χ1n) is 12.8. The number of fused-ring (bicyclic) bond motifs is 1. The molecule has 0 radical (unpaired) electrons. The first kappa shape index (κ1) is 24.2. The number of nitrogens with zero attached hydrogens (tertiary/aromatic N) is 2. The minimum Gasteiger partial charge on any atom is -0.480 e. The molecule has 3 fully saturated rings. The van der Waals surface area contributed by atoms with Gasteiger partial charge in [-0.3, -0.25) is 10.1 Å². The Morgan fingerprint density at radius 3 is 1.78 bits per heavy atom. The van der Waals surface area contributed by atoms with Gasteiger partial charge in [0.25, 0.3) is 0 Å². The van der Waals surface area contributed by atoms with E-state index in [9.17, 15) is 14.7 Å². The first-order valence-corrected chi connectivity index (χ1v) is 13.7. The lowest BCUT2D eigenvalue weighted by Crippen LogP contribution is -2.73. The Morgan fingerprint density at radius 1 is 0.892 bits per heavy atom. The Balaban J connectivity index is 1.44. The van der Waals surface area contributed by atoms with Crippen molar-refractivity contribution in [3.05, 3.63) is 108 Å². The molecule has 6 rings (SSSR count). The van der Waals surface area contributed by atoms with Crippen molar-refractivity contribution in [3.8, 4) is 0 Å². The minimum atomic E-state index is -0.896. The van der Waals surface area contributed by atoms with Gasteiger partial charge >= 0.3 is 5.97 Å². The van der Waals surface area contributed by atoms with E-state index in [1.54, 1.807) is 16.7 Å². The second kappa shape index (κ2) is 9.31. The van der Waals surface area contributed by atoms with Crippen molar-refractivity contribution in [2.45, 2.75) is 40.6 Å². The summed E-state index contributed by atoms with van der Waals surface area (Å²) in [5, 5.41) is 13.8. The number of carbonyl (C=O) groups is 2. The van der Waals surface area contributed by atoms with Crippen LogP contribution in [-0.2, 0) is 15.1 Å². The van der Waals surface area contributed by atoms with Gasteiger partial charge in [-0.15, -0.1) is 11.8 Å². The molecule has 190 valence electrons. The molecule has 7 heteroatoms. The van der Waals surface area contributed by atoms with E-state index in [1.807, 2.05) is 54.6 Å². The van der Waals surface area contributed by atoms with E-state index in [0.29, 0.717) is 0 Å². The summed E-state index contributed by atoms with van der Waals surface area (Å²) in [4.78, 5) is 30.2. The largest absolute Gasteiger partial charge is 0.480 e. The van der Waals surface area contributed by atoms with Gasteiger partial charge in [0.15, 0.2) is 0 Å². The molecule has 37 heavy (non-hydrogen) atoms. The molecule has 3 atom stereocenters. The molecule has 0 aliphatic carbocycles. The summed E-state index contributed by atoms with van der Waals surface area (Å²) in [5.41, 5.74) is 2.32. The topological polar surface area (TPSA) is 72.9 Å². The van der Waals surface area contributed by atoms with Gasteiger partial charge in [-0.05, 0) is 49.7 Å². The van der Waals surface area contributed by atoms with Gasteiger partial charge in [0.1, 0.15) is 17.5 Å². The second-order valence-electron chi connectivity index (χ2n) is 10.3.